The predicted octanol–water partition coefficient (Wildman–Crippen LogP) is 4.99. The SMILES string of the molecule is CCOc1ccc(-c2csc(NC(=O)Nc3ccc(F)cc3)n2)cc1. The number of carbonyl (C=O) groups is 1. The Morgan fingerprint density at radius 2 is 1.84 bits per heavy atom. The molecule has 2 N–H and O–H groups in total. The fraction of sp³-hybridized carbons (Fsp3) is 0.111. The highest BCUT2D eigenvalue weighted by Gasteiger charge is 2.08. The maximum Gasteiger partial charge on any atom is 0.325 e. The predicted molar refractivity (Wildman–Crippen MR) is 97.8 cm³/mol. The van der Waals surface area contributed by atoms with Gasteiger partial charge in [0.2, 0.25) is 0 Å². The molecule has 0 atom stereocenters. The number of benzene rings is 2. The van der Waals surface area contributed by atoms with Crippen LogP contribution in [0.1, 0.15) is 6.92 Å². The van der Waals surface area contributed by atoms with Gasteiger partial charge in [-0.05, 0) is 55.5 Å². The molecular weight excluding hydrogens is 341 g/mol. The van der Waals surface area contributed by atoms with E-state index in [2.05, 4.69) is 15.6 Å². The fourth-order valence-electron chi connectivity index (χ4n) is 2.15. The molecule has 1 heterocycles. The Hall–Kier alpha value is -2.93. The molecular formula is C18H16FN3O2S. The van der Waals surface area contributed by atoms with E-state index in [0.29, 0.717) is 17.4 Å². The van der Waals surface area contributed by atoms with Crippen LogP contribution in [-0.2, 0) is 0 Å². The number of aromatic nitrogens is 1. The minimum absolute atomic E-state index is 0.356. The molecule has 0 radical (unpaired) electrons. The Morgan fingerprint density at radius 1 is 1.12 bits per heavy atom. The molecule has 7 heteroatoms. The summed E-state index contributed by atoms with van der Waals surface area (Å²) in [6, 6.07) is 12.7. The van der Waals surface area contributed by atoms with E-state index in [1.165, 1.54) is 35.6 Å². The first kappa shape index (κ1) is 16.9. The maximum atomic E-state index is 12.9. The Morgan fingerprint density at radius 3 is 2.52 bits per heavy atom. The molecule has 0 fully saturated rings. The highest BCUT2D eigenvalue weighted by molar-refractivity contribution is 7.14. The smallest absolute Gasteiger partial charge is 0.325 e. The highest BCUT2D eigenvalue weighted by atomic mass is 32.1. The van der Waals surface area contributed by atoms with Crippen molar-refractivity contribution in [2.45, 2.75) is 6.92 Å². The van der Waals surface area contributed by atoms with Crippen LogP contribution in [0.5, 0.6) is 5.75 Å². The molecule has 0 aliphatic carbocycles. The minimum Gasteiger partial charge on any atom is -0.494 e. The number of rotatable bonds is 5. The molecule has 2 aromatic carbocycles. The van der Waals surface area contributed by atoms with Crippen LogP contribution < -0.4 is 15.4 Å². The van der Waals surface area contributed by atoms with Crippen LogP contribution in [-0.4, -0.2) is 17.6 Å². The van der Waals surface area contributed by atoms with E-state index in [9.17, 15) is 9.18 Å². The number of ether oxygens (including phenoxy) is 1. The second-order valence-corrected chi connectivity index (χ2v) is 5.94. The third-order valence-electron chi connectivity index (χ3n) is 3.29. The number of nitrogens with one attached hydrogen (secondary N) is 2. The summed E-state index contributed by atoms with van der Waals surface area (Å²) in [5.74, 6) is 0.449. The minimum atomic E-state index is -0.431. The van der Waals surface area contributed by atoms with Crippen molar-refractivity contribution in [3.63, 3.8) is 0 Å². The van der Waals surface area contributed by atoms with E-state index in [4.69, 9.17) is 4.74 Å². The maximum absolute atomic E-state index is 12.9. The molecule has 0 saturated carbocycles. The number of hydrogen-bond donors (Lipinski definition) is 2. The zero-order chi connectivity index (χ0) is 17.6. The zero-order valence-corrected chi connectivity index (χ0v) is 14.3. The van der Waals surface area contributed by atoms with E-state index in [1.54, 1.807) is 0 Å². The lowest BCUT2D eigenvalue weighted by Crippen LogP contribution is -2.19. The van der Waals surface area contributed by atoms with Crippen molar-refractivity contribution >= 4 is 28.2 Å². The Balaban J connectivity index is 1.62. The van der Waals surface area contributed by atoms with E-state index in [-0.39, 0.29) is 5.82 Å². The van der Waals surface area contributed by atoms with Gasteiger partial charge in [-0.2, -0.15) is 0 Å². The number of thiazole rings is 1. The van der Waals surface area contributed by atoms with Crippen LogP contribution in [0.4, 0.5) is 20.0 Å². The van der Waals surface area contributed by atoms with Crippen LogP contribution in [0.3, 0.4) is 0 Å². The summed E-state index contributed by atoms with van der Waals surface area (Å²) in [6.07, 6.45) is 0. The summed E-state index contributed by atoms with van der Waals surface area (Å²) in [4.78, 5) is 16.4. The molecule has 2 amide bonds. The summed E-state index contributed by atoms with van der Waals surface area (Å²) in [5.41, 5.74) is 2.21. The first-order chi connectivity index (χ1) is 12.1. The standard InChI is InChI=1S/C18H16FN3O2S/c1-2-24-15-9-3-12(4-10-15)16-11-25-18(21-16)22-17(23)20-14-7-5-13(19)6-8-14/h3-11H,2H2,1H3,(H2,20,21,22,23). The first-order valence-corrected chi connectivity index (χ1v) is 8.54. The van der Waals surface area contributed by atoms with Gasteiger partial charge < -0.3 is 10.1 Å². The Bertz CT molecular complexity index is 848. The zero-order valence-electron chi connectivity index (χ0n) is 13.5. The van der Waals surface area contributed by atoms with Crippen molar-refractivity contribution in [1.29, 1.82) is 0 Å². The van der Waals surface area contributed by atoms with Crippen LogP contribution >= 0.6 is 11.3 Å². The van der Waals surface area contributed by atoms with Gasteiger partial charge in [-0.25, -0.2) is 14.2 Å². The Labute approximate surface area is 148 Å². The summed E-state index contributed by atoms with van der Waals surface area (Å²) < 4.78 is 18.3. The van der Waals surface area contributed by atoms with Gasteiger partial charge in [0.25, 0.3) is 0 Å². The van der Waals surface area contributed by atoms with Gasteiger partial charge in [-0.15, -0.1) is 11.3 Å². The lowest BCUT2D eigenvalue weighted by Gasteiger charge is -2.05. The van der Waals surface area contributed by atoms with Crippen LogP contribution in [0.2, 0.25) is 0 Å². The van der Waals surface area contributed by atoms with Crippen LogP contribution in [0, 0.1) is 5.82 Å². The molecule has 25 heavy (non-hydrogen) atoms. The number of nitrogens with zero attached hydrogens (tertiary/aromatic N) is 1. The molecule has 128 valence electrons. The number of halogens is 1. The lowest BCUT2D eigenvalue weighted by molar-refractivity contribution is 0.262. The molecule has 3 rings (SSSR count). The third kappa shape index (κ3) is 4.54. The molecule has 5 nitrogen and oxygen atoms in total. The van der Waals surface area contributed by atoms with Gasteiger partial charge in [0, 0.05) is 16.6 Å². The van der Waals surface area contributed by atoms with E-state index in [0.717, 1.165) is 17.0 Å². The van der Waals surface area contributed by atoms with Gasteiger partial charge in [0.15, 0.2) is 5.13 Å². The molecule has 3 aromatic rings. The van der Waals surface area contributed by atoms with Crippen molar-refractivity contribution in [2.24, 2.45) is 0 Å². The number of urea groups is 1. The van der Waals surface area contributed by atoms with Crippen molar-refractivity contribution in [1.82, 2.24) is 4.98 Å². The van der Waals surface area contributed by atoms with Gasteiger partial charge in [-0.1, -0.05) is 0 Å². The summed E-state index contributed by atoms with van der Waals surface area (Å²) >= 11 is 1.33. The molecule has 0 spiro atoms. The normalized spacial score (nSPS) is 10.3. The van der Waals surface area contributed by atoms with Crippen LogP contribution in [0.25, 0.3) is 11.3 Å². The van der Waals surface area contributed by atoms with Crippen molar-refractivity contribution in [3.05, 3.63) is 59.7 Å². The molecule has 0 bridgehead atoms. The molecule has 0 saturated heterocycles. The number of anilines is 2. The number of hydrogen-bond acceptors (Lipinski definition) is 4. The van der Waals surface area contributed by atoms with Gasteiger partial charge in [-0.3, -0.25) is 5.32 Å². The van der Waals surface area contributed by atoms with Crippen molar-refractivity contribution in [3.8, 4) is 17.0 Å². The number of carbonyl (C=O) groups excluding carboxylic acids is 1. The highest BCUT2D eigenvalue weighted by Crippen LogP contribution is 2.26. The summed E-state index contributed by atoms with van der Waals surface area (Å²) in [7, 11) is 0. The van der Waals surface area contributed by atoms with Crippen LogP contribution in [0.15, 0.2) is 53.9 Å². The van der Waals surface area contributed by atoms with Gasteiger partial charge in [0.1, 0.15) is 11.6 Å². The second-order valence-electron chi connectivity index (χ2n) is 5.08. The summed E-state index contributed by atoms with van der Waals surface area (Å²) in [5, 5.41) is 7.63. The quantitative estimate of drug-likeness (QED) is 0.676. The average Bonchev–Trinajstić information content (AvgIpc) is 3.06. The van der Waals surface area contributed by atoms with Crippen molar-refractivity contribution in [2.75, 3.05) is 17.2 Å². The molecule has 0 aliphatic rings. The summed E-state index contributed by atoms with van der Waals surface area (Å²) in [6.45, 7) is 2.55. The average molecular weight is 357 g/mol. The monoisotopic (exact) mass is 357 g/mol. The third-order valence-corrected chi connectivity index (χ3v) is 4.05. The molecule has 0 unspecified atom stereocenters. The first-order valence-electron chi connectivity index (χ1n) is 7.66. The van der Waals surface area contributed by atoms with E-state index in [1.807, 2.05) is 36.6 Å². The van der Waals surface area contributed by atoms with Gasteiger partial charge >= 0.3 is 6.03 Å². The largest absolute Gasteiger partial charge is 0.494 e. The van der Waals surface area contributed by atoms with E-state index < -0.39 is 6.03 Å². The second kappa shape index (κ2) is 7.76. The topological polar surface area (TPSA) is 63.2 Å². The van der Waals surface area contributed by atoms with Crippen molar-refractivity contribution < 1.29 is 13.9 Å². The number of amides is 2. The van der Waals surface area contributed by atoms with Gasteiger partial charge in [0.05, 0.1) is 12.3 Å². The van der Waals surface area contributed by atoms with E-state index >= 15 is 0 Å². The fourth-order valence-corrected chi connectivity index (χ4v) is 2.86. The Kier molecular flexibility index (Phi) is 5.25. The molecule has 1 aromatic heterocycles. The lowest BCUT2D eigenvalue weighted by atomic mass is 10.2. The molecule has 0 aliphatic heterocycles.